The van der Waals surface area contributed by atoms with Gasteiger partial charge in [-0.05, 0) is 37.0 Å². The van der Waals surface area contributed by atoms with Crippen molar-refractivity contribution in [2.45, 2.75) is 40.7 Å². The fourth-order valence-electron chi connectivity index (χ4n) is 2.27. The molecule has 0 radical (unpaired) electrons. The summed E-state index contributed by atoms with van der Waals surface area (Å²) in [7, 11) is 0. The minimum absolute atomic E-state index is 0.0244. The first kappa shape index (κ1) is 13.7. The van der Waals surface area contributed by atoms with Gasteiger partial charge in [-0.15, -0.1) is 0 Å². The van der Waals surface area contributed by atoms with E-state index in [1.165, 1.54) is 0 Å². The number of hydrogen-bond acceptors (Lipinski definition) is 1. The van der Waals surface area contributed by atoms with Crippen LogP contribution in [0.15, 0.2) is 48.0 Å². The Balaban J connectivity index is 2.43. The van der Waals surface area contributed by atoms with E-state index in [1.54, 1.807) is 9.80 Å². The maximum absolute atomic E-state index is 12.6. The lowest BCUT2D eigenvalue weighted by Crippen LogP contribution is -2.46. The molecule has 0 saturated heterocycles. The molecule has 0 aromatic carbocycles. The van der Waals surface area contributed by atoms with Crippen molar-refractivity contribution in [2.24, 2.45) is 5.41 Å². The highest BCUT2D eigenvalue weighted by atomic mass is 16.2. The first-order chi connectivity index (χ1) is 8.71. The average Bonchev–Trinajstić information content (AvgIpc) is 2.26. The predicted octanol–water partition coefficient (Wildman–Crippen LogP) is 4.03. The van der Waals surface area contributed by atoms with Crippen LogP contribution in [-0.2, 0) is 0 Å². The average molecular weight is 258 g/mol. The number of carbonyl (C=O) groups is 1. The highest BCUT2D eigenvalue weighted by Gasteiger charge is 2.32. The second-order valence-electron chi connectivity index (χ2n) is 6.34. The van der Waals surface area contributed by atoms with Gasteiger partial charge >= 0.3 is 6.03 Å². The molecule has 0 bridgehead atoms. The van der Waals surface area contributed by atoms with Crippen LogP contribution >= 0.6 is 0 Å². The van der Waals surface area contributed by atoms with E-state index >= 15 is 0 Å². The smallest absolute Gasteiger partial charge is 0.292 e. The van der Waals surface area contributed by atoms with Crippen LogP contribution < -0.4 is 0 Å². The van der Waals surface area contributed by atoms with Crippen molar-refractivity contribution in [1.29, 1.82) is 0 Å². The van der Waals surface area contributed by atoms with E-state index in [-0.39, 0.29) is 17.5 Å². The molecule has 0 fully saturated rings. The largest absolute Gasteiger partial charge is 0.333 e. The van der Waals surface area contributed by atoms with Gasteiger partial charge < -0.3 is 0 Å². The summed E-state index contributed by atoms with van der Waals surface area (Å²) >= 11 is 0. The molecular weight excluding hydrogens is 236 g/mol. The van der Waals surface area contributed by atoms with E-state index in [0.717, 1.165) is 17.0 Å². The molecule has 2 heterocycles. The minimum atomic E-state index is -0.0244. The Kier molecular flexibility index (Phi) is 3.17. The minimum Gasteiger partial charge on any atom is -0.292 e. The summed E-state index contributed by atoms with van der Waals surface area (Å²) in [4.78, 5) is 16.0. The van der Waals surface area contributed by atoms with Gasteiger partial charge in [-0.1, -0.05) is 33.4 Å². The first-order valence-corrected chi connectivity index (χ1v) is 6.65. The number of nitrogens with zero attached hydrogens (tertiary/aromatic N) is 2. The van der Waals surface area contributed by atoms with Crippen LogP contribution in [0.3, 0.4) is 0 Å². The number of rotatable bonds is 1. The molecule has 2 rings (SSSR count). The summed E-state index contributed by atoms with van der Waals surface area (Å²) in [5.41, 5.74) is 2.82. The molecule has 3 heteroatoms. The Bertz CT molecular complexity index is 515. The van der Waals surface area contributed by atoms with E-state index in [1.807, 2.05) is 32.2 Å². The zero-order valence-corrected chi connectivity index (χ0v) is 12.4. The van der Waals surface area contributed by atoms with Crippen LogP contribution in [0.4, 0.5) is 4.79 Å². The van der Waals surface area contributed by atoms with Gasteiger partial charge in [-0.3, -0.25) is 9.80 Å². The van der Waals surface area contributed by atoms with Crippen molar-refractivity contribution < 1.29 is 4.79 Å². The Morgan fingerprint density at radius 1 is 1.21 bits per heavy atom. The number of carbonyl (C=O) groups excluding carboxylic acids is 1. The van der Waals surface area contributed by atoms with E-state index in [4.69, 9.17) is 0 Å². The van der Waals surface area contributed by atoms with Crippen LogP contribution in [-0.4, -0.2) is 21.9 Å². The molecule has 19 heavy (non-hydrogen) atoms. The molecule has 0 saturated carbocycles. The molecule has 102 valence electrons. The maximum Gasteiger partial charge on any atom is 0.333 e. The molecule has 0 aromatic rings. The molecular formula is C16H22N2O. The summed E-state index contributed by atoms with van der Waals surface area (Å²) in [6, 6.07) is 0.0822. The Morgan fingerprint density at radius 2 is 1.84 bits per heavy atom. The van der Waals surface area contributed by atoms with Gasteiger partial charge in [0, 0.05) is 17.9 Å². The van der Waals surface area contributed by atoms with Gasteiger partial charge in [0.25, 0.3) is 0 Å². The first-order valence-electron chi connectivity index (χ1n) is 6.65. The third-order valence-corrected chi connectivity index (χ3v) is 3.40. The van der Waals surface area contributed by atoms with Crippen LogP contribution in [0.5, 0.6) is 0 Å². The van der Waals surface area contributed by atoms with Gasteiger partial charge in [0.1, 0.15) is 0 Å². The van der Waals surface area contributed by atoms with Crippen LogP contribution in [0, 0.1) is 5.41 Å². The molecule has 0 unspecified atom stereocenters. The highest BCUT2D eigenvalue weighted by molar-refractivity contribution is 5.83. The Hall–Kier alpha value is -1.77. The standard InChI is InChI=1S/C16H22N2O/c1-11(2)18-12(3)9-14-8-7-13(16(4,5)6)10-17(14)15(18)19/h7-11H,3H2,1-2,4-6H3. The second kappa shape index (κ2) is 4.41. The number of allylic oxidation sites excluding steroid dienone is 4. The molecule has 0 spiro atoms. The lowest BCUT2D eigenvalue weighted by atomic mass is 9.85. The van der Waals surface area contributed by atoms with Crippen molar-refractivity contribution in [3.8, 4) is 0 Å². The normalized spacial score (nSPS) is 19.7. The molecule has 2 aliphatic heterocycles. The second-order valence-corrected chi connectivity index (χ2v) is 6.34. The summed E-state index contributed by atoms with van der Waals surface area (Å²) in [5, 5.41) is 0. The van der Waals surface area contributed by atoms with Crippen molar-refractivity contribution in [3.05, 3.63) is 48.0 Å². The van der Waals surface area contributed by atoms with Crippen molar-refractivity contribution in [2.75, 3.05) is 0 Å². The summed E-state index contributed by atoms with van der Waals surface area (Å²) in [5.74, 6) is 0. The van der Waals surface area contributed by atoms with Crippen LogP contribution in [0.1, 0.15) is 34.6 Å². The molecule has 0 N–H and O–H groups in total. The highest BCUT2D eigenvalue weighted by Crippen LogP contribution is 2.34. The lowest BCUT2D eigenvalue weighted by Gasteiger charge is -2.39. The summed E-state index contributed by atoms with van der Waals surface area (Å²) in [6.45, 7) is 14.4. The summed E-state index contributed by atoms with van der Waals surface area (Å²) < 4.78 is 0. The molecule has 3 nitrogen and oxygen atoms in total. The maximum atomic E-state index is 12.6. The SMILES string of the molecule is C=C1C=C2C=CC(C(C)(C)C)=CN2C(=O)N1C(C)C. The Labute approximate surface area is 115 Å². The Morgan fingerprint density at radius 3 is 2.37 bits per heavy atom. The fraction of sp³-hybridized carbons (Fsp3) is 0.438. The number of hydrogen-bond donors (Lipinski definition) is 0. The van der Waals surface area contributed by atoms with Gasteiger partial charge in [0.05, 0.1) is 5.70 Å². The molecule has 2 aliphatic rings. The van der Waals surface area contributed by atoms with Crippen molar-refractivity contribution in [1.82, 2.24) is 9.80 Å². The molecule has 0 aliphatic carbocycles. The third-order valence-electron chi connectivity index (χ3n) is 3.40. The molecule has 0 aromatic heterocycles. The topological polar surface area (TPSA) is 23.6 Å². The van der Waals surface area contributed by atoms with Gasteiger partial charge in [0.15, 0.2) is 0 Å². The van der Waals surface area contributed by atoms with E-state index in [2.05, 4.69) is 33.4 Å². The number of amides is 2. The third kappa shape index (κ3) is 2.37. The van der Waals surface area contributed by atoms with Gasteiger partial charge in [0.2, 0.25) is 0 Å². The number of fused-ring (bicyclic) bond motifs is 1. The van der Waals surface area contributed by atoms with Crippen LogP contribution in [0.25, 0.3) is 0 Å². The van der Waals surface area contributed by atoms with E-state index in [0.29, 0.717) is 0 Å². The quantitative estimate of drug-likeness (QED) is 0.696. The zero-order chi connectivity index (χ0) is 14.4. The fourth-order valence-corrected chi connectivity index (χ4v) is 2.27. The van der Waals surface area contributed by atoms with Gasteiger partial charge in [-0.2, -0.15) is 0 Å². The molecule has 0 atom stereocenters. The van der Waals surface area contributed by atoms with E-state index in [9.17, 15) is 4.79 Å². The van der Waals surface area contributed by atoms with Crippen LogP contribution in [0.2, 0.25) is 0 Å². The summed E-state index contributed by atoms with van der Waals surface area (Å²) in [6.07, 6.45) is 7.96. The van der Waals surface area contributed by atoms with E-state index < -0.39 is 0 Å². The monoisotopic (exact) mass is 258 g/mol. The molecule has 2 amide bonds. The zero-order valence-electron chi connectivity index (χ0n) is 12.4. The van der Waals surface area contributed by atoms with Crippen molar-refractivity contribution >= 4 is 6.03 Å². The van der Waals surface area contributed by atoms with Gasteiger partial charge in [-0.25, -0.2) is 4.79 Å². The number of urea groups is 1. The predicted molar refractivity (Wildman–Crippen MR) is 78.1 cm³/mol. The van der Waals surface area contributed by atoms with Crippen molar-refractivity contribution in [3.63, 3.8) is 0 Å². The lowest BCUT2D eigenvalue weighted by molar-refractivity contribution is 0.178.